The van der Waals surface area contributed by atoms with E-state index < -0.39 is 5.97 Å². The number of carboxylic acids is 1. The van der Waals surface area contributed by atoms with E-state index in [0.29, 0.717) is 19.0 Å². The Morgan fingerprint density at radius 2 is 1.76 bits per heavy atom. The third kappa shape index (κ3) is 5.33. The molecule has 198 valence electrons. The molecule has 1 aliphatic heterocycles. The van der Waals surface area contributed by atoms with Gasteiger partial charge < -0.3 is 25.0 Å². The number of carbonyl (C=O) groups is 2. The summed E-state index contributed by atoms with van der Waals surface area (Å²) in [5, 5.41) is 12.4. The van der Waals surface area contributed by atoms with E-state index in [0.717, 1.165) is 50.1 Å². The second-order valence-electron chi connectivity index (χ2n) is 11.3. The third-order valence-corrected chi connectivity index (χ3v) is 9.02. The van der Waals surface area contributed by atoms with Crippen molar-refractivity contribution in [2.45, 2.75) is 62.4 Å². The number of amides is 2. The average Bonchev–Trinajstić information content (AvgIpc) is 3.13. The highest BCUT2D eigenvalue weighted by atomic mass is 16.5. The number of carbonyl (C=O) groups excluding carboxylic acids is 1. The molecule has 1 heterocycles. The summed E-state index contributed by atoms with van der Waals surface area (Å²) in [6, 6.07) is 18.7. The van der Waals surface area contributed by atoms with Crippen molar-refractivity contribution in [3.05, 3.63) is 65.7 Å². The van der Waals surface area contributed by atoms with Crippen molar-refractivity contribution in [2.24, 2.45) is 5.92 Å². The van der Waals surface area contributed by atoms with E-state index in [1.54, 1.807) is 7.11 Å². The molecule has 1 spiro atoms. The lowest BCUT2D eigenvalue weighted by Crippen LogP contribution is -2.55. The number of methoxy groups -OCH3 is 1. The van der Waals surface area contributed by atoms with Crippen LogP contribution in [-0.2, 0) is 16.8 Å². The van der Waals surface area contributed by atoms with Crippen LogP contribution in [0.3, 0.4) is 0 Å². The van der Waals surface area contributed by atoms with Gasteiger partial charge in [0.1, 0.15) is 5.75 Å². The normalized spacial score (nSPS) is 25.9. The zero-order chi connectivity index (χ0) is 25.9. The van der Waals surface area contributed by atoms with Crippen molar-refractivity contribution < 1.29 is 19.4 Å². The van der Waals surface area contributed by atoms with E-state index in [2.05, 4.69) is 34.5 Å². The van der Waals surface area contributed by atoms with E-state index in [-0.39, 0.29) is 23.5 Å². The van der Waals surface area contributed by atoms with Crippen LogP contribution < -0.4 is 10.1 Å². The molecule has 0 unspecified atom stereocenters. The van der Waals surface area contributed by atoms with Gasteiger partial charge in [-0.3, -0.25) is 4.79 Å². The monoisotopic (exact) mass is 505 g/mol. The first-order valence-electron chi connectivity index (χ1n) is 13.6. The van der Waals surface area contributed by atoms with Crippen molar-refractivity contribution in [1.82, 2.24) is 15.1 Å². The molecule has 3 fully saturated rings. The fourth-order valence-corrected chi connectivity index (χ4v) is 6.55. The quantitative estimate of drug-likeness (QED) is 0.491. The first kappa shape index (κ1) is 25.6. The van der Waals surface area contributed by atoms with Crippen LogP contribution in [-0.4, -0.2) is 65.7 Å². The van der Waals surface area contributed by atoms with E-state index in [9.17, 15) is 14.7 Å². The van der Waals surface area contributed by atoms with Crippen molar-refractivity contribution in [1.29, 1.82) is 0 Å². The molecule has 0 bridgehead atoms. The number of benzene rings is 2. The van der Waals surface area contributed by atoms with Gasteiger partial charge in [0.05, 0.1) is 19.2 Å². The van der Waals surface area contributed by atoms with Gasteiger partial charge in [-0.2, -0.15) is 0 Å². The second-order valence-corrected chi connectivity index (χ2v) is 11.3. The molecule has 2 aromatic rings. The summed E-state index contributed by atoms with van der Waals surface area (Å²) in [4.78, 5) is 29.3. The maximum Gasteiger partial charge on any atom is 0.320 e. The molecular weight excluding hydrogens is 466 g/mol. The number of nitrogens with zero attached hydrogens (tertiary/aromatic N) is 2. The second kappa shape index (κ2) is 10.7. The number of nitrogens with one attached hydrogen (secondary N) is 1. The number of hydrogen-bond donors (Lipinski definition) is 2. The van der Waals surface area contributed by atoms with Crippen LogP contribution in [0, 0.1) is 5.92 Å². The highest BCUT2D eigenvalue weighted by Crippen LogP contribution is 2.49. The van der Waals surface area contributed by atoms with E-state index in [1.807, 2.05) is 35.2 Å². The standard InChI is InChI=1S/C30H39N3O4/c1-37-26-12-10-24(11-13-26)19-32-22-30(33(28(32)36)20-23-6-5-7-23)16-14-29(15-17-30,21-31-18-27(34)35)25-8-3-2-4-9-25/h2-4,8-13,23,31H,5-7,14-22H2,1H3,(H,34,35). The van der Waals surface area contributed by atoms with Gasteiger partial charge in [0.25, 0.3) is 0 Å². The number of carboxylic acid groups (broad SMARTS) is 1. The Hall–Kier alpha value is -3.06. The van der Waals surface area contributed by atoms with Gasteiger partial charge in [-0.15, -0.1) is 0 Å². The summed E-state index contributed by atoms with van der Waals surface area (Å²) in [5.41, 5.74) is 2.08. The highest BCUT2D eigenvalue weighted by molar-refractivity contribution is 5.78. The summed E-state index contributed by atoms with van der Waals surface area (Å²) in [5.74, 6) is 0.596. The van der Waals surface area contributed by atoms with Crippen molar-refractivity contribution in [3.8, 4) is 5.75 Å². The maximum absolute atomic E-state index is 13.8. The zero-order valence-corrected chi connectivity index (χ0v) is 21.8. The molecular formula is C30H39N3O4. The van der Waals surface area contributed by atoms with Gasteiger partial charge >= 0.3 is 12.0 Å². The fourth-order valence-electron chi connectivity index (χ4n) is 6.55. The largest absolute Gasteiger partial charge is 0.497 e. The molecule has 0 aromatic heterocycles. The first-order chi connectivity index (χ1) is 17.9. The Labute approximate surface area is 219 Å². The molecule has 0 atom stereocenters. The lowest BCUT2D eigenvalue weighted by Gasteiger charge is -2.49. The van der Waals surface area contributed by atoms with Gasteiger partial charge in [0, 0.05) is 31.6 Å². The van der Waals surface area contributed by atoms with Crippen LogP contribution in [0.15, 0.2) is 54.6 Å². The van der Waals surface area contributed by atoms with Crippen LogP contribution in [0.1, 0.15) is 56.1 Å². The zero-order valence-electron chi connectivity index (χ0n) is 21.8. The smallest absolute Gasteiger partial charge is 0.320 e. The van der Waals surface area contributed by atoms with Gasteiger partial charge in [-0.1, -0.05) is 48.9 Å². The average molecular weight is 506 g/mol. The van der Waals surface area contributed by atoms with E-state index >= 15 is 0 Å². The lowest BCUT2D eigenvalue weighted by molar-refractivity contribution is -0.136. The van der Waals surface area contributed by atoms with E-state index in [4.69, 9.17) is 4.74 Å². The number of urea groups is 1. The van der Waals surface area contributed by atoms with Crippen molar-refractivity contribution in [2.75, 3.05) is 33.3 Å². The predicted molar refractivity (Wildman–Crippen MR) is 143 cm³/mol. The van der Waals surface area contributed by atoms with Crippen LogP contribution >= 0.6 is 0 Å². The highest BCUT2D eigenvalue weighted by Gasteiger charge is 2.54. The van der Waals surface area contributed by atoms with Gasteiger partial charge in [0.2, 0.25) is 0 Å². The maximum atomic E-state index is 13.8. The predicted octanol–water partition coefficient (Wildman–Crippen LogP) is 4.66. The van der Waals surface area contributed by atoms with E-state index in [1.165, 1.54) is 24.8 Å². The molecule has 2 amide bonds. The Kier molecular flexibility index (Phi) is 7.43. The summed E-state index contributed by atoms with van der Waals surface area (Å²) in [6.07, 6.45) is 7.39. The van der Waals surface area contributed by atoms with Crippen LogP contribution in [0.25, 0.3) is 0 Å². The van der Waals surface area contributed by atoms with Crippen LogP contribution in [0.4, 0.5) is 4.79 Å². The summed E-state index contributed by atoms with van der Waals surface area (Å²) in [6.45, 7) is 2.80. The summed E-state index contributed by atoms with van der Waals surface area (Å²) in [7, 11) is 1.66. The molecule has 2 N–H and O–H groups in total. The molecule has 37 heavy (non-hydrogen) atoms. The molecule has 5 rings (SSSR count). The van der Waals surface area contributed by atoms with Crippen molar-refractivity contribution in [3.63, 3.8) is 0 Å². The molecule has 2 aromatic carbocycles. The Morgan fingerprint density at radius 1 is 1.05 bits per heavy atom. The Balaban J connectivity index is 1.36. The first-order valence-corrected chi connectivity index (χ1v) is 13.6. The summed E-state index contributed by atoms with van der Waals surface area (Å²) >= 11 is 0. The Morgan fingerprint density at radius 3 is 2.35 bits per heavy atom. The topological polar surface area (TPSA) is 82.1 Å². The van der Waals surface area contributed by atoms with Crippen molar-refractivity contribution >= 4 is 12.0 Å². The number of hydrogen-bond acceptors (Lipinski definition) is 4. The van der Waals surface area contributed by atoms with Crippen LogP contribution in [0.2, 0.25) is 0 Å². The number of rotatable bonds is 10. The third-order valence-electron chi connectivity index (χ3n) is 9.02. The number of aliphatic carboxylic acids is 1. The molecule has 0 radical (unpaired) electrons. The fraction of sp³-hybridized carbons (Fsp3) is 0.533. The Bertz CT molecular complexity index is 1080. The molecule has 7 nitrogen and oxygen atoms in total. The summed E-state index contributed by atoms with van der Waals surface area (Å²) < 4.78 is 5.30. The molecule has 2 saturated carbocycles. The van der Waals surface area contributed by atoms with Gasteiger partial charge in [-0.25, -0.2) is 4.79 Å². The van der Waals surface area contributed by atoms with Crippen LogP contribution in [0.5, 0.6) is 5.75 Å². The minimum absolute atomic E-state index is 0.0400. The molecule has 7 heteroatoms. The molecule has 1 saturated heterocycles. The SMILES string of the molecule is COc1ccc(CN2CC3(CCC(CNCC(=O)O)(c4ccccc4)CC3)N(CC3CCC3)C2=O)cc1. The minimum atomic E-state index is -0.835. The molecule has 3 aliphatic rings. The minimum Gasteiger partial charge on any atom is -0.497 e. The lowest BCUT2D eigenvalue weighted by atomic mass is 9.63. The van der Waals surface area contributed by atoms with Gasteiger partial charge in [-0.05, 0) is 67.7 Å². The van der Waals surface area contributed by atoms with Gasteiger partial charge in [0.15, 0.2) is 0 Å². The number of ether oxygens (including phenoxy) is 1. The molecule has 2 aliphatic carbocycles.